The van der Waals surface area contributed by atoms with Gasteiger partial charge >= 0.3 is 0 Å². The summed E-state index contributed by atoms with van der Waals surface area (Å²) >= 11 is 1.38. The van der Waals surface area contributed by atoms with Crippen LogP contribution in [0.15, 0.2) is 65.8 Å². The summed E-state index contributed by atoms with van der Waals surface area (Å²) in [6.07, 6.45) is 0.680. The third kappa shape index (κ3) is 4.29. The van der Waals surface area contributed by atoms with Crippen LogP contribution in [0.5, 0.6) is 0 Å². The molecule has 0 fully saturated rings. The minimum atomic E-state index is -0.269. The van der Waals surface area contributed by atoms with Crippen molar-refractivity contribution in [3.63, 3.8) is 0 Å². The standard InChI is InChI=1S/C19H21N5OS/c1-3-17(18(25)20-14(2)15-10-6-4-7-11-15)26-19-21-22-23-24(19)16-12-8-5-9-13-16/h4-14,17H,3H2,1-2H3,(H,20,25)/t14-,17-/m1/s1. The van der Waals surface area contributed by atoms with Gasteiger partial charge in [0.25, 0.3) is 0 Å². The minimum absolute atomic E-state index is 0.0172. The number of tetrazole rings is 1. The Morgan fingerprint density at radius 1 is 1.12 bits per heavy atom. The first-order valence-electron chi connectivity index (χ1n) is 8.54. The lowest BCUT2D eigenvalue weighted by molar-refractivity contribution is -0.121. The number of carbonyl (C=O) groups is 1. The van der Waals surface area contributed by atoms with Crippen LogP contribution < -0.4 is 5.32 Å². The highest BCUT2D eigenvalue weighted by Gasteiger charge is 2.23. The average Bonchev–Trinajstić information content (AvgIpc) is 3.15. The number of nitrogens with zero attached hydrogens (tertiary/aromatic N) is 4. The van der Waals surface area contributed by atoms with E-state index in [9.17, 15) is 4.79 Å². The molecule has 0 aliphatic carbocycles. The Morgan fingerprint density at radius 2 is 1.77 bits per heavy atom. The number of hydrogen-bond acceptors (Lipinski definition) is 5. The van der Waals surface area contributed by atoms with Gasteiger partial charge in [0.2, 0.25) is 11.1 Å². The molecule has 26 heavy (non-hydrogen) atoms. The monoisotopic (exact) mass is 367 g/mol. The van der Waals surface area contributed by atoms with Gasteiger partial charge in [-0.2, -0.15) is 4.68 Å². The molecule has 1 amide bonds. The first-order valence-corrected chi connectivity index (χ1v) is 9.42. The lowest BCUT2D eigenvalue weighted by Gasteiger charge is -2.19. The first-order chi connectivity index (χ1) is 12.7. The second-order valence-electron chi connectivity index (χ2n) is 5.86. The zero-order valence-electron chi connectivity index (χ0n) is 14.7. The summed E-state index contributed by atoms with van der Waals surface area (Å²) < 4.78 is 1.65. The van der Waals surface area contributed by atoms with Crippen molar-refractivity contribution in [3.05, 3.63) is 66.2 Å². The number of thioether (sulfide) groups is 1. The number of hydrogen-bond donors (Lipinski definition) is 1. The fraction of sp³-hybridized carbons (Fsp3) is 0.263. The topological polar surface area (TPSA) is 72.7 Å². The van der Waals surface area contributed by atoms with E-state index < -0.39 is 0 Å². The highest BCUT2D eigenvalue weighted by atomic mass is 32.2. The van der Waals surface area contributed by atoms with Crippen LogP contribution in [-0.2, 0) is 4.79 Å². The molecule has 0 unspecified atom stereocenters. The number of amides is 1. The predicted molar refractivity (Wildman–Crippen MR) is 102 cm³/mol. The maximum absolute atomic E-state index is 12.7. The second-order valence-corrected chi connectivity index (χ2v) is 7.03. The van der Waals surface area contributed by atoms with E-state index in [-0.39, 0.29) is 17.2 Å². The van der Waals surface area contributed by atoms with E-state index in [1.165, 1.54) is 11.8 Å². The van der Waals surface area contributed by atoms with Crippen LogP contribution in [0, 0.1) is 0 Å². The minimum Gasteiger partial charge on any atom is -0.349 e. The normalized spacial score (nSPS) is 13.2. The molecule has 3 rings (SSSR count). The molecule has 6 nitrogen and oxygen atoms in total. The molecule has 1 N–H and O–H groups in total. The lowest BCUT2D eigenvalue weighted by Crippen LogP contribution is -2.34. The molecule has 2 atom stereocenters. The van der Waals surface area contributed by atoms with Crippen LogP contribution in [0.1, 0.15) is 31.9 Å². The van der Waals surface area contributed by atoms with E-state index >= 15 is 0 Å². The van der Waals surface area contributed by atoms with E-state index in [1.54, 1.807) is 4.68 Å². The Bertz CT molecular complexity index is 837. The smallest absolute Gasteiger partial charge is 0.234 e. The van der Waals surface area contributed by atoms with Crippen molar-refractivity contribution in [2.75, 3.05) is 0 Å². The number of aromatic nitrogens is 4. The summed E-state index contributed by atoms with van der Waals surface area (Å²) in [7, 11) is 0. The molecule has 134 valence electrons. The van der Waals surface area contributed by atoms with Gasteiger partial charge in [0.15, 0.2) is 0 Å². The molecule has 0 saturated carbocycles. The molecule has 3 aromatic rings. The molecule has 0 bridgehead atoms. The quantitative estimate of drug-likeness (QED) is 0.648. The third-order valence-electron chi connectivity index (χ3n) is 4.01. The SMILES string of the molecule is CC[C@@H](Sc1nnnn1-c1ccccc1)C(=O)N[C@H](C)c1ccccc1. The van der Waals surface area contributed by atoms with Gasteiger partial charge in [0.1, 0.15) is 0 Å². The summed E-state index contributed by atoms with van der Waals surface area (Å²) in [4.78, 5) is 12.7. The molecule has 0 aliphatic rings. The van der Waals surface area contributed by atoms with E-state index in [0.29, 0.717) is 11.6 Å². The highest BCUT2D eigenvalue weighted by molar-refractivity contribution is 8.00. The fourth-order valence-electron chi connectivity index (χ4n) is 2.56. The lowest BCUT2D eigenvalue weighted by atomic mass is 10.1. The zero-order valence-corrected chi connectivity index (χ0v) is 15.6. The molecule has 0 aliphatic heterocycles. The van der Waals surface area contributed by atoms with E-state index in [1.807, 2.05) is 74.5 Å². The van der Waals surface area contributed by atoms with Crippen molar-refractivity contribution >= 4 is 17.7 Å². The number of carbonyl (C=O) groups excluding carboxylic acids is 1. The highest BCUT2D eigenvalue weighted by Crippen LogP contribution is 2.26. The maximum atomic E-state index is 12.7. The van der Waals surface area contributed by atoms with Gasteiger partial charge in [0, 0.05) is 0 Å². The number of rotatable bonds is 7. The number of benzene rings is 2. The first kappa shape index (κ1) is 18.1. The molecular weight excluding hydrogens is 346 g/mol. The van der Waals surface area contributed by atoms with E-state index in [2.05, 4.69) is 20.8 Å². The molecule has 0 radical (unpaired) electrons. The van der Waals surface area contributed by atoms with Crippen molar-refractivity contribution in [1.29, 1.82) is 0 Å². The summed E-state index contributed by atoms with van der Waals surface area (Å²) in [6, 6.07) is 19.5. The van der Waals surface area contributed by atoms with Crippen molar-refractivity contribution in [2.24, 2.45) is 0 Å². The Balaban J connectivity index is 1.70. The Labute approximate surface area is 157 Å². The van der Waals surface area contributed by atoms with Crippen LogP contribution >= 0.6 is 11.8 Å². The average molecular weight is 367 g/mol. The van der Waals surface area contributed by atoms with Crippen molar-refractivity contribution in [3.8, 4) is 5.69 Å². The predicted octanol–water partition coefficient (Wildman–Crippen LogP) is 3.41. The maximum Gasteiger partial charge on any atom is 0.234 e. The van der Waals surface area contributed by atoms with Gasteiger partial charge < -0.3 is 5.32 Å². The molecular formula is C19H21N5OS. The van der Waals surface area contributed by atoms with Gasteiger partial charge in [-0.05, 0) is 41.5 Å². The van der Waals surface area contributed by atoms with Gasteiger partial charge in [-0.3, -0.25) is 4.79 Å². The Morgan fingerprint density at radius 3 is 2.42 bits per heavy atom. The van der Waals surface area contributed by atoms with Gasteiger partial charge in [0.05, 0.1) is 17.0 Å². The molecule has 0 spiro atoms. The summed E-state index contributed by atoms with van der Waals surface area (Å²) in [5.41, 5.74) is 1.95. The number of para-hydroxylation sites is 1. The summed E-state index contributed by atoms with van der Waals surface area (Å²) in [5, 5.41) is 15.3. The molecule has 1 heterocycles. The fourth-order valence-corrected chi connectivity index (χ4v) is 3.49. The van der Waals surface area contributed by atoms with Crippen LogP contribution in [-0.4, -0.2) is 31.4 Å². The summed E-state index contributed by atoms with van der Waals surface area (Å²) in [6.45, 7) is 3.97. The van der Waals surface area contributed by atoms with Gasteiger partial charge in [-0.25, -0.2) is 0 Å². The Kier molecular flexibility index (Phi) is 6.01. The number of nitrogens with one attached hydrogen (secondary N) is 1. The van der Waals surface area contributed by atoms with Crippen molar-refractivity contribution in [2.45, 2.75) is 36.7 Å². The van der Waals surface area contributed by atoms with Crippen LogP contribution in [0.3, 0.4) is 0 Å². The van der Waals surface area contributed by atoms with Crippen LogP contribution in [0.25, 0.3) is 5.69 Å². The second kappa shape index (κ2) is 8.62. The zero-order chi connectivity index (χ0) is 18.4. The van der Waals surface area contributed by atoms with Crippen LogP contribution in [0.4, 0.5) is 0 Å². The van der Waals surface area contributed by atoms with E-state index in [0.717, 1.165) is 11.3 Å². The Hall–Kier alpha value is -2.67. The molecule has 0 saturated heterocycles. The van der Waals surface area contributed by atoms with Gasteiger partial charge in [-0.15, -0.1) is 5.10 Å². The summed E-state index contributed by atoms with van der Waals surface area (Å²) in [5.74, 6) is -0.0172. The molecule has 7 heteroatoms. The van der Waals surface area contributed by atoms with Crippen molar-refractivity contribution in [1.82, 2.24) is 25.5 Å². The molecule has 1 aromatic heterocycles. The molecule has 2 aromatic carbocycles. The van der Waals surface area contributed by atoms with Gasteiger partial charge in [-0.1, -0.05) is 67.2 Å². The largest absolute Gasteiger partial charge is 0.349 e. The van der Waals surface area contributed by atoms with Crippen molar-refractivity contribution < 1.29 is 4.79 Å². The van der Waals surface area contributed by atoms with Crippen LogP contribution in [0.2, 0.25) is 0 Å². The van der Waals surface area contributed by atoms with E-state index in [4.69, 9.17) is 0 Å². The third-order valence-corrected chi connectivity index (χ3v) is 5.31.